The number of carbonyl (C=O) groups excluding carboxylic acids is 1. The molecule has 10 rings (SSSR count). The third-order valence-corrected chi connectivity index (χ3v) is 13.9. The van der Waals surface area contributed by atoms with Crippen molar-refractivity contribution >= 4 is 96.3 Å². The molecule has 0 unspecified atom stereocenters. The Hall–Kier alpha value is -7.81. The molecule has 0 saturated heterocycles. The Morgan fingerprint density at radius 3 is 1.06 bits per heavy atom. The number of hydrogen-bond donors (Lipinski definition) is 1. The first-order valence-electron chi connectivity index (χ1n) is 26.6. The monoisotopic (exact) mass is 1320 g/mol. The molecule has 0 atom stereocenters. The molecule has 2 N–H and O–H groups in total. The summed E-state index contributed by atoms with van der Waals surface area (Å²) in [7, 11) is -0.446. The molecule has 0 bridgehead atoms. The van der Waals surface area contributed by atoms with Gasteiger partial charge in [0.15, 0.2) is 5.78 Å². The van der Waals surface area contributed by atoms with Gasteiger partial charge in [0.25, 0.3) is 0 Å². The van der Waals surface area contributed by atoms with Crippen molar-refractivity contribution in [2.75, 3.05) is 6.54 Å². The molecule has 82 heavy (non-hydrogen) atoms. The van der Waals surface area contributed by atoms with Crippen LogP contribution in [0.4, 0.5) is 0 Å². The van der Waals surface area contributed by atoms with Crippen LogP contribution in [0.5, 0.6) is 0 Å². The van der Waals surface area contributed by atoms with Crippen molar-refractivity contribution in [1.82, 2.24) is 15.0 Å². The van der Waals surface area contributed by atoms with Gasteiger partial charge in [0.2, 0.25) is 0 Å². The number of nitrogens with two attached hydrogens (primary N) is 1. The van der Waals surface area contributed by atoms with Crippen molar-refractivity contribution in [3.8, 4) is 36.0 Å². The largest absolute Gasteiger partial charge is 0.331 e. The highest BCUT2D eigenvalue weighted by atomic mass is 127. The van der Waals surface area contributed by atoms with E-state index in [9.17, 15) is 4.79 Å². The lowest BCUT2D eigenvalue weighted by molar-refractivity contribution is -0.110. The molecule has 8 heteroatoms. The molecule has 0 aliphatic rings. The second-order valence-corrected chi connectivity index (χ2v) is 21.7. The van der Waals surface area contributed by atoms with Crippen LogP contribution in [0.3, 0.4) is 0 Å². The maximum absolute atomic E-state index is 10.2. The summed E-state index contributed by atoms with van der Waals surface area (Å²) < 4.78 is 2.59. The fourth-order valence-electron chi connectivity index (χ4n) is 6.61. The zero-order valence-corrected chi connectivity index (χ0v) is 52.4. The Labute approximate surface area is 519 Å². The van der Waals surface area contributed by atoms with Crippen LogP contribution in [0.15, 0.2) is 262 Å². The normalized spacial score (nSPS) is 9.28. The highest BCUT2D eigenvalue weighted by molar-refractivity contribution is 14.1. The van der Waals surface area contributed by atoms with Crippen LogP contribution < -0.4 is 21.6 Å². The molecule has 5 nitrogen and oxygen atoms in total. The van der Waals surface area contributed by atoms with Gasteiger partial charge in [-0.3, -0.25) is 19.7 Å². The lowest BCUT2D eigenvalue weighted by atomic mass is 10.0. The van der Waals surface area contributed by atoms with Gasteiger partial charge in [-0.1, -0.05) is 212 Å². The highest BCUT2D eigenvalue weighted by Gasteiger charge is 2.15. The third kappa shape index (κ3) is 28.6. The number of terminal acetylenes is 1. The zero-order valence-electron chi connectivity index (χ0n) is 47.2. The molecular weight excluding hydrogens is 1250 g/mol. The molecule has 7 aromatic carbocycles. The first kappa shape index (κ1) is 70.3. The van der Waals surface area contributed by atoms with Crippen LogP contribution in [0.2, 0.25) is 0 Å². The minimum Gasteiger partial charge on any atom is -0.331 e. The molecule has 0 amide bonds. The van der Waals surface area contributed by atoms with Crippen LogP contribution in [0, 0.1) is 43.2 Å². The topological polar surface area (TPSA) is 81.8 Å². The lowest BCUT2D eigenvalue weighted by Crippen LogP contribution is -2.20. The number of nitrogens with zero attached hydrogens (tertiary/aromatic N) is 3. The van der Waals surface area contributed by atoms with Gasteiger partial charge >= 0.3 is 0 Å². The van der Waals surface area contributed by atoms with E-state index in [2.05, 4.69) is 276 Å². The van der Waals surface area contributed by atoms with Gasteiger partial charge in [-0.15, -0.1) is 6.42 Å². The molecule has 0 saturated carbocycles. The molecule has 0 spiro atoms. The first-order valence-corrected chi connectivity index (χ1v) is 30.1. The molecule has 0 radical (unpaired) electrons. The van der Waals surface area contributed by atoms with Crippen molar-refractivity contribution in [2.45, 2.75) is 61.8 Å². The standard InChI is InChI=1S/C24H14N2.C18H15P.C10H6I2.C7H5N.C6H8O.2C3H8.C2H7N.CH4/c1(19-9-13-25-14-10-19)3-21-5-7-24-18-22(6-8-23(24)17-21)4-2-20-11-15-26-16-12-20;1-4-10-16(11-5-1)19(17-12-6-2-7-13-17)18-14-8-3-9-15-18;11-9-3-1-7-5-10(12)4-2-8(7)6-9;1-2-7-3-5-8-6-4-7;1-3-5-6(7)4-2;2*1-3-2;1-2-3;/h5-18H;1-15H;1-6H;1,3-6H;3-5H,2H2,1H3;2*3H2,1-2H3;2-3H2,1H3;1H4. The third-order valence-electron chi connectivity index (χ3n) is 10.1. The second kappa shape index (κ2) is 43.9. The number of hydrogen-bond acceptors (Lipinski definition) is 5. The predicted molar refractivity (Wildman–Crippen MR) is 374 cm³/mol. The van der Waals surface area contributed by atoms with E-state index in [0.29, 0.717) is 0 Å². The summed E-state index contributed by atoms with van der Waals surface area (Å²) in [5.74, 6) is 15.2. The first-order chi connectivity index (χ1) is 39.6. The van der Waals surface area contributed by atoms with E-state index in [1.807, 2.05) is 43.3 Å². The fourth-order valence-corrected chi connectivity index (χ4v) is 9.94. The molecule has 416 valence electrons. The molecule has 0 aliphatic heterocycles. The molecule has 0 fully saturated rings. The Bertz CT molecular complexity index is 3320. The number of halogens is 2. The van der Waals surface area contributed by atoms with Crippen LogP contribution in [-0.2, 0) is 4.79 Å². The quantitative estimate of drug-likeness (QED) is 0.0804. The van der Waals surface area contributed by atoms with Gasteiger partial charge in [0.1, 0.15) is 0 Å². The van der Waals surface area contributed by atoms with Crippen LogP contribution in [0.1, 0.15) is 89.6 Å². The number of fused-ring (bicyclic) bond motifs is 2. The summed E-state index contributed by atoms with van der Waals surface area (Å²) in [4.78, 5) is 22.0. The predicted octanol–water partition coefficient (Wildman–Crippen LogP) is 17.7. The smallest absolute Gasteiger partial charge is 0.177 e. The average molecular weight is 1320 g/mol. The van der Waals surface area contributed by atoms with Crippen LogP contribution >= 0.6 is 53.1 Å². The average Bonchev–Trinajstić information content (AvgIpc) is 3.72. The maximum Gasteiger partial charge on any atom is 0.177 e. The van der Waals surface area contributed by atoms with Gasteiger partial charge in [-0.25, -0.2) is 0 Å². The molecule has 3 heterocycles. The van der Waals surface area contributed by atoms with Gasteiger partial charge in [-0.2, -0.15) is 0 Å². The van der Waals surface area contributed by atoms with Crippen molar-refractivity contribution in [3.63, 3.8) is 0 Å². The zero-order chi connectivity index (χ0) is 58.7. The van der Waals surface area contributed by atoms with E-state index < -0.39 is 7.92 Å². The lowest BCUT2D eigenvalue weighted by Gasteiger charge is -2.18. The fraction of sp³-hybridized carbons (Fsp3) is 0.135. The Morgan fingerprint density at radius 2 is 0.780 bits per heavy atom. The number of allylic oxidation sites excluding steroid dienone is 3. The van der Waals surface area contributed by atoms with Crippen molar-refractivity contribution < 1.29 is 4.79 Å². The van der Waals surface area contributed by atoms with E-state index in [4.69, 9.17) is 12.2 Å². The summed E-state index contributed by atoms with van der Waals surface area (Å²) in [5, 5.41) is 9.14. The van der Waals surface area contributed by atoms with Crippen molar-refractivity contribution in [3.05, 3.63) is 297 Å². The summed E-state index contributed by atoms with van der Waals surface area (Å²) in [5.41, 5.74) is 9.62. The SMILES string of the molecule is C.C#Cc1ccncc1.C(#Cc1ccc2cc(C#Cc3ccncc3)ccc2c1)c1ccncc1.C=CC(=O)C=CC.CCC.CCC.CCN.Ic1ccc2cc(I)ccc2c1.c1ccc(P(c2ccccc2)c2ccccc2)cc1. The highest BCUT2D eigenvalue weighted by Crippen LogP contribution is 2.32. The van der Waals surface area contributed by atoms with E-state index >= 15 is 0 Å². The summed E-state index contributed by atoms with van der Waals surface area (Å²) >= 11 is 4.67. The summed E-state index contributed by atoms with van der Waals surface area (Å²) in [6.45, 7) is 16.2. The Balaban J connectivity index is 0.000000360. The number of ketones is 1. The van der Waals surface area contributed by atoms with Gasteiger partial charge in [0.05, 0.1) is 0 Å². The van der Waals surface area contributed by atoms with Crippen molar-refractivity contribution in [2.24, 2.45) is 5.73 Å². The number of carbonyl (C=O) groups is 1. The Kier molecular flexibility index (Phi) is 37.7. The minimum atomic E-state index is -0.446. The maximum atomic E-state index is 10.2. The van der Waals surface area contributed by atoms with E-state index in [0.717, 1.165) is 45.1 Å². The van der Waals surface area contributed by atoms with E-state index in [1.54, 1.807) is 62.3 Å². The van der Waals surface area contributed by atoms with E-state index in [1.165, 1.54) is 58.8 Å². The van der Waals surface area contributed by atoms with Gasteiger partial charge < -0.3 is 5.73 Å². The molecule has 0 aliphatic carbocycles. The van der Waals surface area contributed by atoms with Crippen LogP contribution in [-0.4, -0.2) is 27.3 Å². The van der Waals surface area contributed by atoms with Crippen molar-refractivity contribution in [1.29, 1.82) is 0 Å². The number of rotatable bonds is 5. The van der Waals surface area contributed by atoms with Crippen LogP contribution in [0.25, 0.3) is 21.5 Å². The molecule has 10 aromatic rings. The van der Waals surface area contributed by atoms with Gasteiger partial charge in [0, 0.05) is 72.1 Å². The van der Waals surface area contributed by atoms with E-state index in [-0.39, 0.29) is 13.2 Å². The number of aromatic nitrogens is 3. The second-order valence-electron chi connectivity index (χ2n) is 17.0. The number of benzene rings is 7. The molecular formula is C74H75I2N4OP. The number of pyridine rings is 3. The van der Waals surface area contributed by atoms with Gasteiger partial charge in [-0.05, 0) is 201 Å². The minimum absolute atomic E-state index is 0. The summed E-state index contributed by atoms with van der Waals surface area (Å²) in [6, 6.07) is 69.0. The Morgan fingerprint density at radius 1 is 0.488 bits per heavy atom. The molecule has 3 aromatic heterocycles. The summed E-state index contributed by atoms with van der Waals surface area (Å²) in [6.07, 6.45) is 22.3.